The summed E-state index contributed by atoms with van der Waals surface area (Å²) in [5.41, 5.74) is 0.103. The highest BCUT2D eigenvalue weighted by Crippen LogP contribution is 2.26. The van der Waals surface area contributed by atoms with Crippen LogP contribution >= 0.6 is 0 Å². The van der Waals surface area contributed by atoms with Crippen molar-refractivity contribution in [2.75, 3.05) is 20.3 Å². The van der Waals surface area contributed by atoms with Gasteiger partial charge in [0.2, 0.25) is 0 Å². The van der Waals surface area contributed by atoms with Gasteiger partial charge in [-0.25, -0.2) is 0 Å². The molecule has 1 N–H and O–H groups in total. The Bertz CT molecular complexity index is 252. The maximum Gasteiger partial charge on any atom is 0.0600 e. The third-order valence-electron chi connectivity index (χ3n) is 3.71. The van der Waals surface area contributed by atoms with Crippen LogP contribution in [0.5, 0.6) is 0 Å². The molecular weight excluding hydrogens is 198 g/mol. The first-order valence-corrected chi connectivity index (χ1v) is 6.44. The molecule has 90 valence electrons. The van der Waals surface area contributed by atoms with E-state index in [1.54, 1.807) is 7.11 Å². The maximum absolute atomic E-state index is 5.33. The van der Waals surface area contributed by atoms with Crippen molar-refractivity contribution in [1.29, 1.82) is 0 Å². The molecule has 0 atom stereocenters. The summed E-state index contributed by atoms with van der Waals surface area (Å²) < 4.78 is 5.33. The fraction of sp³-hybridized carbons (Fsp3) is 0.714. The summed E-state index contributed by atoms with van der Waals surface area (Å²) in [5, 5.41) is 3.71. The Morgan fingerprint density at radius 2 is 1.88 bits per heavy atom. The first-order chi connectivity index (χ1) is 7.85. The monoisotopic (exact) mass is 221 g/mol. The van der Waals surface area contributed by atoms with E-state index in [1.165, 1.54) is 32.1 Å². The van der Waals surface area contributed by atoms with E-state index in [1.807, 2.05) is 0 Å². The van der Waals surface area contributed by atoms with E-state index < -0.39 is 0 Å². The van der Waals surface area contributed by atoms with Crippen molar-refractivity contribution in [3.63, 3.8) is 0 Å². The van der Waals surface area contributed by atoms with Gasteiger partial charge in [0.05, 0.1) is 6.61 Å². The predicted molar refractivity (Wildman–Crippen MR) is 67.5 cm³/mol. The fourth-order valence-corrected chi connectivity index (χ4v) is 2.72. The van der Waals surface area contributed by atoms with Crippen LogP contribution in [0.25, 0.3) is 0 Å². The molecule has 0 bridgehead atoms. The molecule has 0 aromatic carbocycles. The Kier molecular flexibility index (Phi) is 4.19. The quantitative estimate of drug-likeness (QED) is 0.770. The van der Waals surface area contributed by atoms with Crippen molar-refractivity contribution in [2.45, 2.75) is 38.1 Å². The van der Waals surface area contributed by atoms with Crippen molar-refractivity contribution < 1.29 is 4.74 Å². The summed E-state index contributed by atoms with van der Waals surface area (Å²) >= 11 is 0. The molecular formula is C14H23NO. The second-order valence-corrected chi connectivity index (χ2v) is 5.10. The molecule has 1 fully saturated rings. The van der Waals surface area contributed by atoms with Gasteiger partial charge in [0.25, 0.3) is 0 Å². The lowest BCUT2D eigenvalue weighted by atomic mass is 9.89. The molecule has 1 saturated carbocycles. The van der Waals surface area contributed by atoms with Crippen LogP contribution in [-0.2, 0) is 4.74 Å². The van der Waals surface area contributed by atoms with Crippen molar-refractivity contribution in [1.82, 2.24) is 5.32 Å². The number of ether oxygens (including phenoxy) is 1. The minimum Gasteiger partial charge on any atom is -0.383 e. The molecule has 0 aliphatic heterocycles. The van der Waals surface area contributed by atoms with Crippen LogP contribution in [0.3, 0.4) is 0 Å². The average Bonchev–Trinajstić information content (AvgIpc) is 2.78. The van der Waals surface area contributed by atoms with Crippen LogP contribution in [0.2, 0.25) is 0 Å². The zero-order valence-electron chi connectivity index (χ0n) is 10.2. The molecule has 2 rings (SSSR count). The minimum atomic E-state index is 0.103. The molecule has 16 heavy (non-hydrogen) atoms. The van der Waals surface area contributed by atoms with Gasteiger partial charge in [-0.15, -0.1) is 0 Å². The standard InChI is InChI=1S/C14H23NO/c1-16-12-14(9-5-6-10-14)11-15-13-7-3-2-4-8-13/h5-6,9-10,13,15H,2-4,7-8,11-12H2,1H3. The minimum absolute atomic E-state index is 0.103. The van der Waals surface area contributed by atoms with Crippen LogP contribution in [-0.4, -0.2) is 26.3 Å². The lowest BCUT2D eigenvalue weighted by Crippen LogP contribution is -2.40. The molecule has 0 heterocycles. The van der Waals surface area contributed by atoms with E-state index in [4.69, 9.17) is 4.74 Å². The van der Waals surface area contributed by atoms with Crippen LogP contribution in [0.1, 0.15) is 32.1 Å². The third-order valence-corrected chi connectivity index (χ3v) is 3.71. The first-order valence-electron chi connectivity index (χ1n) is 6.44. The number of hydrogen-bond acceptors (Lipinski definition) is 2. The zero-order valence-corrected chi connectivity index (χ0v) is 10.2. The van der Waals surface area contributed by atoms with Gasteiger partial charge in [0.1, 0.15) is 0 Å². The highest BCUT2D eigenvalue weighted by atomic mass is 16.5. The molecule has 0 radical (unpaired) electrons. The van der Waals surface area contributed by atoms with E-state index >= 15 is 0 Å². The van der Waals surface area contributed by atoms with Gasteiger partial charge in [0, 0.05) is 25.1 Å². The van der Waals surface area contributed by atoms with Crippen molar-refractivity contribution in [3.05, 3.63) is 24.3 Å². The van der Waals surface area contributed by atoms with Gasteiger partial charge in [-0.05, 0) is 12.8 Å². The van der Waals surface area contributed by atoms with Gasteiger partial charge in [0.15, 0.2) is 0 Å². The smallest absolute Gasteiger partial charge is 0.0600 e. The summed E-state index contributed by atoms with van der Waals surface area (Å²) in [5.74, 6) is 0. The molecule has 2 aliphatic carbocycles. The van der Waals surface area contributed by atoms with E-state index in [9.17, 15) is 0 Å². The Hall–Kier alpha value is -0.600. The van der Waals surface area contributed by atoms with Crippen LogP contribution in [0.15, 0.2) is 24.3 Å². The fourth-order valence-electron chi connectivity index (χ4n) is 2.72. The van der Waals surface area contributed by atoms with E-state index in [0.29, 0.717) is 0 Å². The zero-order chi connectivity index (χ0) is 11.3. The summed E-state index contributed by atoms with van der Waals surface area (Å²) in [6.45, 7) is 1.79. The molecule has 2 aliphatic rings. The molecule has 2 heteroatoms. The van der Waals surface area contributed by atoms with Crippen LogP contribution < -0.4 is 5.32 Å². The Balaban J connectivity index is 1.82. The normalized spacial score (nSPS) is 24.1. The molecule has 0 amide bonds. The number of allylic oxidation sites excluding steroid dienone is 2. The molecule has 0 unspecified atom stereocenters. The third kappa shape index (κ3) is 2.96. The van der Waals surface area contributed by atoms with E-state index in [-0.39, 0.29) is 5.41 Å². The van der Waals surface area contributed by atoms with Gasteiger partial charge in [-0.3, -0.25) is 0 Å². The summed E-state index contributed by atoms with van der Waals surface area (Å²) in [6, 6.07) is 0.727. The Morgan fingerprint density at radius 3 is 2.50 bits per heavy atom. The van der Waals surface area contributed by atoms with Crippen molar-refractivity contribution in [2.24, 2.45) is 5.41 Å². The summed E-state index contributed by atoms with van der Waals surface area (Å²) in [4.78, 5) is 0. The van der Waals surface area contributed by atoms with Gasteiger partial charge < -0.3 is 10.1 Å². The van der Waals surface area contributed by atoms with Crippen molar-refractivity contribution in [3.8, 4) is 0 Å². The lowest BCUT2D eigenvalue weighted by molar-refractivity contribution is 0.134. The van der Waals surface area contributed by atoms with Crippen molar-refractivity contribution >= 4 is 0 Å². The summed E-state index contributed by atoms with van der Waals surface area (Å²) in [6.07, 6.45) is 15.7. The van der Waals surface area contributed by atoms with Gasteiger partial charge in [-0.1, -0.05) is 43.6 Å². The van der Waals surface area contributed by atoms with Gasteiger partial charge >= 0.3 is 0 Å². The SMILES string of the molecule is COCC1(CNC2CCCCC2)C=CC=C1. The molecule has 0 spiro atoms. The number of rotatable bonds is 5. The molecule has 0 aromatic rings. The maximum atomic E-state index is 5.33. The second kappa shape index (κ2) is 5.65. The molecule has 0 saturated heterocycles. The highest BCUT2D eigenvalue weighted by molar-refractivity contribution is 5.25. The predicted octanol–water partition coefficient (Wildman–Crippen LogP) is 2.67. The molecule has 2 nitrogen and oxygen atoms in total. The average molecular weight is 221 g/mol. The summed E-state index contributed by atoms with van der Waals surface area (Å²) in [7, 11) is 1.78. The number of hydrogen-bond donors (Lipinski definition) is 1. The highest BCUT2D eigenvalue weighted by Gasteiger charge is 2.27. The molecule has 0 aromatic heterocycles. The second-order valence-electron chi connectivity index (χ2n) is 5.10. The Labute approximate surface area is 98.8 Å². The van der Waals surface area contributed by atoms with Crippen LogP contribution in [0, 0.1) is 5.41 Å². The largest absolute Gasteiger partial charge is 0.383 e. The lowest BCUT2D eigenvalue weighted by Gasteiger charge is -2.30. The topological polar surface area (TPSA) is 21.3 Å². The van der Waals surface area contributed by atoms with Crippen LogP contribution in [0.4, 0.5) is 0 Å². The Morgan fingerprint density at radius 1 is 1.19 bits per heavy atom. The van der Waals surface area contributed by atoms with Gasteiger partial charge in [-0.2, -0.15) is 0 Å². The van der Waals surface area contributed by atoms with E-state index in [0.717, 1.165) is 19.2 Å². The number of methoxy groups -OCH3 is 1. The van der Waals surface area contributed by atoms with E-state index in [2.05, 4.69) is 29.6 Å². The number of nitrogens with one attached hydrogen (secondary N) is 1. The first kappa shape index (κ1) is 11.9.